The van der Waals surface area contributed by atoms with E-state index in [-0.39, 0.29) is 16.6 Å². The number of nitrogens with zero attached hydrogens (tertiary/aromatic N) is 1. The second-order valence-electron chi connectivity index (χ2n) is 4.43. The summed E-state index contributed by atoms with van der Waals surface area (Å²) >= 11 is 5.93. The van der Waals surface area contributed by atoms with Gasteiger partial charge >= 0.3 is 0 Å². The maximum absolute atomic E-state index is 12.1. The summed E-state index contributed by atoms with van der Waals surface area (Å²) in [5.41, 5.74) is 1.86. The lowest BCUT2D eigenvalue weighted by molar-refractivity contribution is -0.384. The predicted molar refractivity (Wildman–Crippen MR) is 81.9 cm³/mol. The number of rotatable bonds is 4. The van der Waals surface area contributed by atoms with Gasteiger partial charge in [0.1, 0.15) is 0 Å². The van der Waals surface area contributed by atoms with Crippen LogP contribution in [0.1, 0.15) is 22.8 Å². The van der Waals surface area contributed by atoms with Gasteiger partial charge in [0, 0.05) is 17.7 Å². The van der Waals surface area contributed by atoms with Crippen LogP contribution < -0.4 is 5.32 Å². The number of carbonyl (C=O) groups is 1. The topological polar surface area (TPSA) is 72.2 Å². The van der Waals surface area contributed by atoms with Gasteiger partial charge in [-0.1, -0.05) is 30.7 Å². The lowest BCUT2D eigenvalue weighted by atomic mass is 10.1. The van der Waals surface area contributed by atoms with Gasteiger partial charge < -0.3 is 5.32 Å². The zero-order valence-corrected chi connectivity index (χ0v) is 12.1. The van der Waals surface area contributed by atoms with Gasteiger partial charge in [0.2, 0.25) is 0 Å². The van der Waals surface area contributed by atoms with Crippen LogP contribution in [-0.4, -0.2) is 10.8 Å². The summed E-state index contributed by atoms with van der Waals surface area (Å²) in [7, 11) is 0. The predicted octanol–water partition coefficient (Wildman–Crippen LogP) is 4.06. The number of nitro groups is 1. The minimum absolute atomic E-state index is 0.120. The van der Waals surface area contributed by atoms with Crippen molar-refractivity contribution in [1.82, 2.24) is 0 Å². The Morgan fingerprint density at radius 2 is 1.90 bits per heavy atom. The molecule has 6 heteroatoms. The van der Waals surface area contributed by atoms with Crippen molar-refractivity contribution in [1.29, 1.82) is 0 Å². The molecule has 1 amide bonds. The molecule has 0 heterocycles. The third kappa shape index (κ3) is 3.58. The number of benzene rings is 2. The summed E-state index contributed by atoms with van der Waals surface area (Å²) in [6.07, 6.45) is 0.899. The molecule has 0 aliphatic heterocycles. The molecule has 2 rings (SSSR count). The van der Waals surface area contributed by atoms with Gasteiger partial charge in [0.15, 0.2) is 0 Å². The molecule has 5 nitrogen and oxygen atoms in total. The molecule has 2 aromatic rings. The molecule has 1 N–H and O–H groups in total. The highest BCUT2D eigenvalue weighted by Crippen LogP contribution is 2.27. The second kappa shape index (κ2) is 6.37. The van der Waals surface area contributed by atoms with Crippen molar-refractivity contribution >= 4 is 28.9 Å². The Hall–Kier alpha value is -2.40. The molecule has 0 bridgehead atoms. The van der Waals surface area contributed by atoms with Crippen molar-refractivity contribution in [2.24, 2.45) is 0 Å². The molecule has 21 heavy (non-hydrogen) atoms. The zero-order valence-electron chi connectivity index (χ0n) is 11.3. The standard InChI is InChI=1S/C15H13ClN2O3/c1-2-10-3-5-11(6-4-10)15(19)17-14-8-7-12(18(20)21)9-13(14)16/h3-9H,2H2,1H3,(H,17,19). The summed E-state index contributed by atoms with van der Waals surface area (Å²) in [6, 6.07) is 11.1. The van der Waals surface area contributed by atoms with E-state index in [1.807, 2.05) is 19.1 Å². The van der Waals surface area contributed by atoms with Crippen molar-refractivity contribution < 1.29 is 9.72 Å². The quantitative estimate of drug-likeness (QED) is 0.683. The van der Waals surface area contributed by atoms with Crippen molar-refractivity contribution in [3.63, 3.8) is 0 Å². The summed E-state index contributed by atoms with van der Waals surface area (Å²) in [5.74, 6) is -0.312. The Bertz CT molecular complexity index is 684. The van der Waals surface area contributed by atoms with E-state index in [1.165, 1.54) is 18.2 Å². The summed E-state index contributed by atoms with van der Waals surface area (Å²) < 4.78 is 0. The highest BCUT2D eigenvalue weighted by atomic mass is 35.5. The van der Waals surface area contributed by atoms with Crippen LogP contribution in [-0.2, 0) is 6.42 Å². The van der Waals surface area contributed by atoms with Crippen molar-refractivity contribution in [2.45, 2.75) is 13.3 Å². The lowest BCUT2D eigenvalue weighted by Gasteiger charge is -2.07. The SMILES string of the molecule is CCc1ccc(C(=O)Nc2ccc([N+](=O)[O-])cc2Cl)cc1. The van der Waals surface area contributed by atoms with Gasteiger partial charge in [0.25, 0.3) is 11.6 Å². The average Bonchev–Trinajstić information content (AvgIpc) is 2.49. The summed E-state index contributed by atoms with van der Waals surface area (Å²) in [6.45, 7) is 2.03. The Morgan fingerprint density at radius 3 is 2.43 bits per heavy atom. The molecule has 0 saturated carbocycles. The Balaban J connectivity index is 2.17. The minimum Gasteiger partial charge on any atom is -0.321 e. The molecule has 0 saturated heterocycles. The van der Waals surface area contributed by atoms with Gasteiger partial charge in [0.05, 0.1) is 15.6 Å². The van der Waals surface area contributed by atoms with Crippen molar-refractivity contribution in [3.05, 3.63) is 68.7 Å². The first-order valence-electron chi connectivity index (χ1n) is 6.35. The van der Waals surface area contributed by atoms with E-state index in [2.05, 4.69) is 5.32 Å². The number of aryl methyl sites for hydroxylation is 1. The molecule has 0 radical (unpaired) electrons. The zero-order chi connectivity index (χ0) is 15.4. The Labute approximate surface area is 126 Å². The van der Waals surface area contributed by atoms with Crippen LogP contribution >= 0.6 is 11.6 Å². The van der Waals surface area contributed by atoms with Gasteiger partial charge in [-0.25, -0.2) is 0 Å². The summed E-state index contributed by atoms with van der Waals surface area (Å²) in [4.78, 5) is 22.2. The molecule has 0 fully saturated rings. The monoisotopic (exact) mass is 304 g/mol. The first-order valence-corrected chi connectivity index (χ1v) is 6.73. The second-order valence-corrected chi connectivity index (χ2v) is 4.83. The Morgan fingerprint density at radius 1 is 1.24 bits per heavy atom. The number of nitro benzene ring substituents is 1. The molecule has 0 unspecified atom stereocenters. The van der Waals surface area contributed by atoms with Crippen LogP contribution in [0.15, 0.2) is 42.5 Å². The van der Waals surface area contributed by atoms with E-state index >= 15 is 0 Å². The van der Waals surface area contributed by atoms with Crippen LogP contribution in [0.3, 0.4) is 0 Å². The third-order valence-corrected chi connectivity index (χ3v) is 3.35. The van der Waals surface area contributed by atoms with Gasteiger partial charge in [-0.3, -0.25) is 14.9 Å². The first kappa shape index (κ1) is 15.0. The molecule has 0 aliphatic carbocycles. The van der Waals surface area contributed by atoms with Crippen molar-refractivity contribution in [2.75, 3.05) is 5.32 Å². The Kier molecular flexibility index (Phi) is 4.55. The highest BCUT2D eigenvalue weighted by molar-refractivity contribution is 6.34. The normalized spacial score (nSPS) is 10.2. The fourth-order valence-electron chi connectivity index (χ4n) is 1.81. The number of anilines is 1. The van der Waals surface area contributed by atoms with E-state index < -0.39 is 4.92 Å². The number of halogens is 1. The molecular weight excluding hydrogens is 292 g/mol. The van der Waals surface area contributed by atoms with Crippen LogP contribution in [0.5, 0.6) is 0 Å². The number of nitrogens with one attached hydrogen (secondary N) is 1. The van der Waals surface area contributed by atoms with E-state index in [1.54, 1.807) is 12.1 Å². The average molecular weight is 305 g/mol. The third-order valence-electron chi connectivity index (χ3n) is 3.04. The van der Waals surface area contributed by atoms with Gasteiger partial charge in [-0.2, -0.15) is 0 Å². The minimum atomic E-state index is -0.541. The van der Waals surface area contributed by atoms with Crippen molar-refractivity contribution in [3.8, 4) is 0 Å². The number of carbonyl (C=O) groups excluding carboxylic acids is 1. The van der Waals surface area contributed by atoms with Crippen LogP contribution in [0.2, 0.25) is 5.02 Å². The largest absolute Gasteiger partial charge is 0.321 e. The van der Waals surface area contributed by atoms with Gasteiger partial charge in [-0.15, -0.1) is 0 Å². The number of amides is 1. The van der Waals surface area contributed by atoms with E-state index in [0.717, 1.165) is 12.0 Å². The highest BCUT2D eigenvalue weighted by Gasteiger charge is 2.12. The molecule has 0 aromatic heterocycles. The number of non-ortho nitro benzene ring substituents is 1. The maximum atomic E-state index is 12.1. The summed E-state index contributed by atoms with van der Waals surface area (Å²) in [5, 5.41) is 13.4. The first-order chi connectivity index (χ1) is 10.0. The molecule has 108 valence electrons. The molecule has 2 aromatic carbocycles. The molecule has 0 atom stereocenters. The van der Waals surface area contributed by atoms with E-state index in [0.29, 0.717) is 11.3 Å². The van der Waals surface area contributed by atoms with E-state index in [4.69, 9.17) is 11.6 Å². The molecular formula is C15H13ClN2O3. The van der Waals surface area contributed by atoms with Crippen LogP contribution in [0.25, 0.3) is 0 Å². The van der Waals surface area contributed by atoms with Crippen LogP contribution in [0.4, 0.5) is 11.4 Å². The smallest absolute Gasteiger partial charge is 0.271 e. The van der Waals surface area contributed by atoms with Crippen LogP contribution in [0, 0.1) is 10.1 Å². The fourth-order valence-corrected chi connectivity index (χ4v) is 2.03. The molecule has 0 aliphatic rings. The maximum Gasteiger partial charge on any atom is 0.271 e. The molecule has 0 spiro atoms. The van der Waals surface area contributed by atoms with E-state index in [9.17, 15) is 14.9 Å². The van der Waals surface area contributed by atoms with Gasteiger partial charge in [-0.05, 0) is 30.2 Å². The fraction of sp³-hybridized carbons (Fsp3) is 0.133. The lowest BCUT2D eigenvalue weighted by Crippen LogP contribution is -2.12. The number of hydrogen-bond acceptors (Lipinski definition) is 3. The number of hydrogen-bond donors (Lipinski definition) is 1.